The summed E-state index contributed by atoms with van der Waals surface area (Å²) in [5.41, 5.74) is 22.2. The van der Waals surface area contributed by atoms with Crippen LogP contribution in [0.25, 0.3) is 27.7 Å². The van der Waals surface area contributed by atoms with Gasteiger partial charge in [0, 0.05) is 45.0 Å². The molecular formula is C51H50BN3. The number of fused-ring (bicyclic) bond motifs is 4. The molecule has 7 aromatic rings. The van der Waals surface area contributed by atoms with Gasteiger partial charge in [-0.05, 0) is 110 Å². The number of hydrogen-bond acceptors (Lipinski definition) is 2. The van der Waals surface area contributed by atoms with Gasteiger partial charge in [-0.1, -0.05) is 135 Å². The molecular weight excluding hydrogens is 665 g/mol. The zero-order valence-corrected chi connectivity index (χ0v) is 34.0. The number of aromatic nitrogens is 1. The average molecular weight is 716 g/mol. The van der Waals surface area contributed by atoms with Gasteiger partial charge in [-0.2, -0.15) is 0 Å². The lowest BCUT2D eigenvalue weighted by Crippen LogP contribution is -2.59. The summed E-state index contributed by atoms with van der Waals surface area (Å²) in [6.45, 7) is 23.3. The fraction of sp³-hybridized carbons (Fsp3) is 0.255. The van der Waals surface area contributed by atoms with E-state index in [-0.39, 0.29) is 23.0 Å². The standard InChI is InChI=1S/C51H50BN3/c1-31-28-42-44-43(29-31)54(40-26-22-34(50(5,6)7)30-37(40)32-16-12-11-13-17-32)41-27-25-38(51(8,9)10)47-45(41)52(44)48-46(36-18-14-15-19-39(36)55(47)48)53(42)35-23-20-33(21-24-35)49(2,3)4/h11-30H,1-10H3. The molecule has 0 N–H and O–H groups in total. The van der Waals surface area contributed by atoms with Crippen LogP contribution in [-0.4, -0.2) is 11.3 Å². The van der Waals surface area contributed by atoms with Gasteiger partial charge in [-0.25, -0.2) is 0 Å². The Morgan fingerprint density at radius 1 is 0.491 bits per heavy atom. The molecule has 10 rings (SSSR count). The number of nitrogens with zero attached hydrogens (tertiary/aromatic N) is 3. The Hall–Kier alpha value is -5.48. The summed E-state index contributed by atoms with van der Waals surface area (Å²) in [5.74, 6) is 0. The summed E-state index contributed by atoms with van der Waals surface area (Å²) in [7, 11) is 0. The third kappa shape index (κ3) is 4.83. The third-order valence-electron chi connectivity index (χ3n) is 12.4. The molecule has 3 aliphatic heterocycles. The second-order valence-electron chi connectivity index (χ2n) is 19.2. The predicted octanol–water partition coefficient (Wildman–Crippen LogP) is 11.9. The van der Waals surface area contributed by atoms with E-state index in [4.69, 9.17) is 0 Å². The van der Waals surface area contributed by atoms with Gasteiger partial charge in [0.05, 0.1) is 16.9 Å². The van der Waals surface area contributed by atoms with Gasteiger partial charge in [-0.15, -0.1) is 0 Å². The first-order valence-corrected chi connectivity index (χ1v) is 20.0. The van der Waals surface area contributed by atoms with Crippen LogP contribution in [0.5, 0.6) is 0 Å². The highest BCUT2D eigenvalue weighted by Crippen LogP contribution is 2.52. The van der Waals surface area contributed by atoms with Crippen LogP contribution in [0.4, 0.5) is 34.1 Å². The maximum atomic E-state index is 2.65. The highest BCUT2D eigenvalue weighted by molar-refractivity contribution is 7.02. The second-order valence-corrected chi connectivity index (χ2v) is 19.2. The molecule has 0 radical (unpaired) electrons. The smallest absolute Gasteiger partial charge is 0.275 e. The molecule has 3 nitrogen and oxygen atoms in total. The molecule has 0 amide bonds. The number of anilines is 6. The van der Waals surface area contributed by atoms with Crippen molar-refractivity contribution >= 4 is 68.3 Å². The maximum absolute atomic E-state index is 2.65. The Morgan fingerprint density at radius 2 is 1.11 bits per heavy atom. The largest absolute Gasteiger partial charge is 0.320 e. The fourth-order valence-corrected chi connectivity index (χ4v) is 9.69. The number of benzene rings is 6. The van der Waals surface area contributed by atoms with E-state index in [1.54, 1.807) is 0 Å². The summed E-state index contributed by atoms with van der Waals surface area (Å²) in [4.78, 5) is 5.21. The van der Waals surface area contributed by atoms with Crippen LogP contribution in [0, 0.1) is 6.92 Å². The van der Waals surface area contributed by atoms with E-state index in [0.717, 1.165) is 0 Å². The molecule has 0 fully saturated rings. The van der Waals surface area contributed by atoms with Crippen molar-refractivity contribution in [3.8, 4) is 16.8 Å². The van der Waals surface area contributed by atoms with Crippen molar-refractivity contribution in [1.29, 1.82) is 0 Å². The van der Waals surface area contributed by atoms with E-state index >= 15 is 0 Å². The molecule has 4 heteroatoms. The SMILES string of the molecule is Cc1cc2c3c(c1)N(c1ccc(C(C)(C)C)cc1)c1c4n(c5ccccc15)-c1c(C(C)(C)C)ccc(c1B34)N2c1ccc(C(C)(C)C)cc1-c1ccccc1. The first kappa shape index (κ1) is 34.0. The molecule has 55 heavy (non-hydrogen) atoms. The van der Waals surface area contributed by atoms with Crippen LogP contribution in [0.3, 0.4) is 0 Å². The quantitative estimate of drug-likeness (QED) is 0.169. The van der Waals surface area contributed by atoms with Crippen LogP contribution in [-0.2, 0) is 16.2 Å². The van der Waals surface area contributed by atoms with Gasteiger partial charge in [0.2, 0.25) is 0 Å². The minimum absolute atomic E-state index is 0.0111. The van der Waals surface area contributed by atoms with Gasteiger partial charge in [0.25, 0.3) is 6.71 Å². The Kier molecular flexibility index (Phi) is 6.99. The van der Waals surface area contributed by atoms with Gasteiger partial charge in [-0.3, -0.25) is 0 Å². The van der Waals surface area contributed by atoms with Crippen molar-refractivity contribution in [2.75, 3.05) is 9.80 Å². The lowest BCUT2D eigenvalue weighted by atomic mass is 9.36. The Bertz CT molecular complexity index is 2710. The molecule has 1 aromatic heterocycles. The highest BCUT2D eigenvalue weighted by atomic mass is 15.2. The predicted molar refractivity (Wildman–Crippen MR) is 237 cm³/mol. The lowest BCUT2D eigenvalue weighted by Gasteiger charge is -2.43. The summed E-state index contributed by atoms with van der Waals surface area (Å²) in [5, 5.41) is 1.30. The number of hydrogen-bond donors (Lipinski definition) is 0. The monoisotopic (exact) mass is 715 g/mol. The van der Waals surface area contributed by atoms with Crippen molar-refractivity contribution in [1.82, 2.24) is 4.57 Å². The van der Waals surface area contributed by atoms with Crippen molar-refractivity contribution in [3.05, 3.63) is 144 Å². The topological polar surface area (TPSA) is 11.4 Å². The molecule has 0 atom stereocenters. The lowest BCUT2D eigenvalue weighted by molar-refractivity contribution is 0.588. The van der Waals surface area contributed by atoms with E-state index in [1.165, 1.54) is 101 Å². The Morgan fingerprint density at radius 3 is 1.78 bits per heavy atom. The van der Waals surface area contributed by atoms with Crippen LogP contribution in [0.2, 0.25) is 0 Å². The Balaban J connectivity index is 1.36. The van der Waals surface area contributed by atoms with Crippen molar-refractivity contribution in [2.24, 2.45) is 0 Å². The molecule has 272 valence electrons. The van der Waals surface area contributed by atoms with Crippen LogP contribution in [0.1, 0.15) is 84.6 Å². The summed E-state index contributed by atoms with van der Waals surface area (Å²) >= 11 is 0. The zero-order chi connectivity index (χ0) is 38.3. The fourth-order valence-electron chi connectivity index (χ4n) is 9.69. The van der Waals surface area contributed by atoms with Crippen LogP contribution in [0.15, 0.2) is 121 Å². The molecule has 0 aliphatic carbocycles. The van der Waals surface area contributed by atoms with Gasteiger partial charge >= 0.3 is 0 Å². The van der Waals surface area contributed by atoms with Crippen molar-refractivity contribution in [2.45, 2.75) is 85.5 Å². The molecule has 0 saturated carbocycles. The zero-order valence-electron chi connectivity index (χ0n) is 34.0. The molecule has 0 unspecified atom stereocenters. The van der Waals surface area contributed by atoms with E-state index in [1.807, 2.05) is 0 Å². The van der Waals surface area contributed by atoms with Crippen molar-refractivity contribution in [3.63, 3.8) is 0 Å². The maximum Gasteiger partial charge on any atom is 0.275 e. The van der Waals surface area contributed by atoms with E-state index in [0.29, 0.717) is 0 Å². The normalized spacial score (nSPS) is 14.3. The average Bonchev–Trinajstić information content (AvgIpc) is 3.67. The van der Waals surface area contributed by atoms with E-state index in [9.17, 15) is 0 Å². The minimum Gasteiger partial charge on any atom is -0.320 e. The number of aryl methyl sites for hydroxylation is 1. The number of para-hydroxylation sites is 1. The first-order chi connectivity index (χ1) is 26.1. The molecule has 0 spiro atoms. The highest BCUT2D eigenvalue weighted by Gasteiger charge is 2.52. The summed E-state index contributed by atoms with van der Waals surface area (Å²) in [6.07, 6.45) is 0. The third-order valence-corrected chi connectivity index (χ3v) is 12.4. The molecule has 3 aliphatic rings. The first-order valence-electron chi connectivity index (χ1n) is 20.0. The van der Waals surface area contributed by atoms with Crippen LogP contribution >= 0.6 is 0 Å². The molecule has 6 aromatic carbocycles. The van der Waals surface area contributed by atoms with Gasteiger partial charge in [0.15, 0.2) is 0 Å². The van der Waals surface area contributed by atoms with Gasteiger partial charge in [0.1, 0.15) is 0 Å². The molecule has 0 bridgehead atoms. The summed E-state index contributed by atoms with van der Waals surface area (Å²) < 4.78 is 2.65. The molecule has 4 heterocycles. The Labute approximate surface area is 327 Å². The van der Waals surface area contributed by atoms with Crippen LogP contribution < -0.4 is 26.3 Å². The second kappa shape index (κ2) is 11.3. The van der Waals surface area contributed by atoms with Gasteiger partial charge < -0.3 is 14.4 Å². The molecule has 0 saturated heterocycles. The minimum atomic E-state index is -0.0661. The summed E-state index contributed by atoms with van der Waals surface area (Å²) in [6, 6.07) is 46.4. The van der Waals surface area contributed by atoms with E-state index < -0.39 is 0 Å². The number of rotatable bonds is 3. The van der Waals surface area contributed by atoms with E-state index in [2.05, 4.69) is 205 Å². The van der Waals surface area contributed by atoms with Crippen molar-refractivity contribution < 1.29 is 0 Å².